The number of aromatic nitrogens is 2. The monoisotopic (exact) mass is 861 g/mol. The average Bonchev–Trinajstić information content (AvgIpc) is 3.94. The van der Waals surface area contributed by atoms with Crippen LogP contribution >= 0.6 is 22.9 Å². The number of rotatable bonds is 6. The molecule has 310 valence electrons. The summed E-state index contributed by atoms with van der Waals surface area (Å²) in [6, 6.07) is 29.5. The van der Waals surface area contributed by atoms with Gasteiger partial charge in [0.25, 0.3) is 0 Å². The first-order chi connectivity index (χ1) is 29.9. The zero-order valence-electron chi connectivity index (χ0n) is 34.0. The topological polar surface area (TPSA) is 134 Å². The molecule has 11 rings (SSSR count). The van der Waals surface area contributed by atoms with Crippen molar-refractivity contribution in [2.24, 2.45) is 42.1 Å². The minimum Gasteiger partial charge on any atom is -0.508 e. The van der Waals surface area contributed by atoms with E-state index in [0.717, 1.165) is 48.6 Å². The number of benzene rings is 4. The molecule has 2 N–H and O–H groups in total. The van der Waals surface area contributed by atoms with E-state index in [1.807, 2.05) is 80.6 Å². The Kier molecular flexibility index (Phi) is 8.69. The van der Waals surface area contributed by atoms with E-state index in [0.29, 0.717) is 40.8 Å². The van der Waals surface area contributed by atoms with Crippen LogP contribution in [-0.4, -0.2) is 38.5 Å². The molecule has 0 radical (unpaired) electrons. The third-order valence-electron chi connectivity index (χ3n) is 13.8. The van der Waals surface area contributed by atoms with Crippen LogP contribution in [0.1, 0.15) is 30.9 Å². The quantitative estimate of drug-likeness (QED) is 0.125. The number of phenolic OH excluding ortho intramolecular Hbond substituents is 1. The standard InChI is InChI=1S/C49H40ClN5O6S/c1-25-35-21-28(50)9-18-40(35)62-44(25)38-23-41(53(3)52-38)55-46(58)37-22-36-33(43(49(37,2)48(55)60)27-19-26-20-32(56)14-17-39(26)61-24-27)15-16-34-42(36)47(59)54(45(34)57)31-12-10-30(11-13-31)51-29-7-5-4-6-8-29/h4-15,17-18,20-21,23-24,34,36-37,42-43,51,56H,16,19,22H2,1-3H3/t34-,36+,37-,42-,43-,49+/m0/s1. The Bertz CT molecular complexity index is 2990. The number of halogens is 1. The fourth-order valence-electron chi connectivity index (χ4n) is 10.9. The van der Waals surface area contributed by atoms with Crippen molar-refractivity contribution < 1.29 is 29.0 Å². The first-order valence-corrected chi connectivity index (χ1v) is 21.9. The van der Waals surface area contributed by atoms with Crippen LogP contribution in [0.3, 0.4) is 0 Å². The van der Waals surface area contributed by atoms with Gasteiger partial charge in [-0.15, -0.1) is 11.3 Å². The molecule has 5 aliphatic rings. The summed E-state index contributed by atoms with van der Waals surface area (Å²) in [6.45, 7) is 3.88. The molecule has 4 aromatic carbocycles. The molecular formula is C49H40ClN5O6S. The third-order valence-corrected chi connectivity index (χ3v) is 15.4. The van der Waals surface area contributed by atoms with Crippen LogP contribution in [0.4, 0.5) is 22.9 Å². The van der Waals surface area contributed by atoms with E-state index in [9.17, 15) is 14.7 Å². The van der Waals surface area contributed by atoms with Gasteiger partial charge in [-0.3, -0.25) is 28.8 Å². The van der Waals surface area contributed by atoms with Crippen molar-refractivity contribution in [2.45, 2.75) is 33.1 Å². The Morgan fingerprint density at radius 3 is 2.45 bits per heavy atom. The highest BCUT2D eigenvalue weighted by Gasteiger charge is 2.68. The summed E-state index contributed by atoms with van der Waals surface area (Å²) in [5.41, 5.74) is 4.92. The normalized spacial score (nSPS) is 25.3. The Hall–Kier alpha value is -6.50. The maximum Gasteiger partial charge on any atom is 0.242 e. The molecule has 11 nitrogen and oxygen atoms in total. The second-order valence-corrected chi connectivity index (χ2v) is 18.7. The number of phenols is 1. The molecule has 1 saturated carbocycles. The number of hydrogen-bond donors (Lipinski definition) is 2. The van der Waals surface area contributed by atoms with Gasteiger partial charge in [-0.05, 0) is 122 Å². The van der Waals surface area contributed by atoms with Crippen LogP contribution in [0.5, 0.6) is 11.5 Å². The fourth-order valence-corrected chi connectivity index (χ4v) is 12.2. The summed E-state index contributed by atoms with van der Waals surface area (Å²) in [6.07, 6.45) is 4.58. The maximum atomic E-state index is 15.3. The molecule has 0 spiro atoms. The Labute approximate surface area is 365 Å². The molecule has 4 amide bonds. The van der Waals surface area contributed by atoms with Gasteiger partial charge in [0, 0.05) is 52.1 Å². The number of ether oxygens (including phenoxy) is 1. The number of allylic oxidation sites excluding steroid dienone is 3. The summed E-state index contributed by atoms with van der Waals surface area (Å²) in [5, 5.41) is 20.3. The number of para-hydroxylation sites is 1. The molecule has 2 aliphatic carbocycles. The number of imide groups is 2. The van der Waals surface area contributed by atoms with Gasteiger partial charge in [0.1, 0.15) is 23.0 Å². The van der Waals surface area contributed by atoms with E-state index in [1.165, 1.54) is 9.80 Å². The van der Waals surface area contributed by atoms with Crippen molar-refractivity contribution in [3.8, 4) is 22.1 Å². The lowest BCUT2D eigenvalue weighted by Gasteiger charge is -2.49. The molecule has 5 heterocycles. The molecule has 62 heavy (non-hydrogen) atoms. The highest BCUT2D eigenvalue weighted by atomic mass is 35.5. The van der Waals surface area contributed by atoms with Crippen molar-refractivity contribution >= 4 is 79.5 Å². The lowest BCUT2D eigenvalue weighted by atomic mass is 9.51. The first-order valence-electron chi connectivity index (χ1n) is 20.7. The number of carbonyl (C=O) groups excluding carboxylic acids is 4. The largest absolute Gasteiger partial charge is 0.508 e. The molecule has 3 fully saturated rings. The molecule has 13 heteroatoms. The number of aryl methyl sites for hydroxylation is 2. The highest BCUT2D eigenvalue weighted by molar-refractivity contribution is 7.22. The van der Waals surface area contributed by atoms with Gasteiger partial charge in [0.15, 0.2) is 0 Å². The SMILES string of the molecule is Cc1c(-c2cc(N3C(=O)[C@@H]4C[C@@H]5C(=CC[C@@H]6C(=O)N(c7ccc(Nc8ccccc8)cc7)C(=O)[C@@H]65)[C@H](C5=COc6ccc(O)cc6C5)[C@]4(C)C3=O)n(C)n2)sc2ccc(Cl)cc12. The average molecular weight is 862 g/mol. The van der Waals surface area contributed by atoms with E-state index in [-0.39, 0.29) is 35.8 Å². The van der Waals surface area contributed by atoms with Crippen molar-refractivity contribution in [3.63, 3.8) is 0 Å². The molecule has 3 aliphatic heterocycles. The summed E-state index contributed by atoms with van der Waals surface area (Å²) in [7, 11) is 1.73. The van der Waals surface area contributed by atoms with Crippen LogP contribution in [0.2, 0.25) is 5.02 Å². The number of thiophene rings is 1. The molecule has 6 aromatic rings. The summed E-state index contributed by atoms with van der Waals surface area (Å²) in [4.78, 5) is 63.1. The minimum atomic E-state index is -1.28. The number of amides is 4. The Morgan fingerprint density at radius 2 is 1.66 bits per heavy atom. The summed E-state index contributed by atoms with van der Waals surface area (Å²) in [5.74, 6) is -3.64. The summed E-state index contributed by atoms with van der Waals surface area (Å²) < 4.78 is 8.82. The lowest BCUT2D eigenvalue weighted by Crippen LogP contribution is -2.51. The van der Waals surface area contributed by atoms with Crippen molar-refractivity contribution in [2.75, 3.05) is 15.1 Å². The van der Waals surface area contributed by atoms with Crippen LogP contribution in [0.25, 0.3) is 20.7 Å². The molecule has 0 bridgehead atoms. The van der Waals surface area contributed by atoms with Crippen molar-refractivity contribution in [1.82, 2.24) is 9.78 Å². The number of nitrogens with zero attached hydrogens (tertiary/aromatic N) is 4. The maximum absolute atomic E-state index is 15.3. The predicted octanol–water partition coefficient (Wildman–Crippen LogP) is 9.50. The van der Waals surface area contributed by atoms with Crippen LogP contribution < -0.4 is 19.9 Å². The molecule has 6 atom stereocenters. The zero-order chi connectivity index (χ0) is 42.8. The van der Waals surface area contributed by atoms with Gasteiger partial charge >= 0.3 is 0 Å². The second kappa shape index (κ2) is 14.0. The van der Waals surface area contributed by atoms with Gasteiger partial charge in [-0.2, -0.15) is 5.10 Å². The van der Waals surface area contributed by atoms with Crippen molar-refractivity contribution in [3.05, 3.63) is 137 Å². The third kappa shape index (κ3) is 5.65. The predicted molar refractivity (Wildman–Crippen MR) is 238 cm³/mol. The minimum absolute atomic E-state index is 0.0836. The number of hydrogen-bond acceptors (Lipinski definition) is 9. The Balaban J connectivity index is 0.972. The molecular weight excluding hydrogens is 822 g/mol. The number of fused-ring (bicyclic) bond motifs is 6. The van der Waals surface area contributed by atoms with Gasteiger partial charge in [0.05, 0.1) is 40.0 Å². The van der Waals surface area contributed by atoms with E-state index in [4.69, 9.17) is 21.4 Å². The summed E-state index contributed by atoms with van der Waals surface area (Å²) >= 11 is 7.93. The fraction of sp³-hybridized carbons (Fsp3) is 0.245. The van der Waals surface area contributed by atoms with E-state index in [1.54, 1.807) is 65.7 Å². The van der Waals surface area contributed by atoms with Crippen LogP contribution in [0, 0.1) is 41.9 Å². The van der Waals surface area contributed by atoms with Gasteiger partial charge in [0.2, 0.25) is 23.6 Å². The number of nitrogens with one attached hydrogen (secondary N) is 1. The van der Waals surface area contributed by atoms with Crippen molar-refractivity contribution in [1.29, 1.82) is 0 Å². The lowest BCUT2D eigenvalue weighted by molar-refractivity contribution is -0.132. The van der Waals surface area contributed by atoms with Gasteiger partial charge < -0.3 is 15.2 Å². The molecule has 2 aromatic heterocycles. The Morgan fingerprint density at radius 1 is 0.887 bits per heavy atom. The van der Waals surface area contributed by atoms with Gasteiger partial charge in [-0.1, -0.05) is 41.4 Å². The highest BCUT2D eigenvalue weighted by Crippen LogP contribution is 2.63. The number of carbonyl (C=O) groups is 4. The zero-order valence-corrected chi connectivity index (χ0v) is 35.5. The molecule has 0 unspecified atom stereocenters. The smallest absolute Gasteiger partial charge is 0.242 e. The van der Waals surface area contributed by atoms with E-state index in [2.05, 4.69) is 5.32 Å². The van der Waals surface area contributed by atoms with Gasteiger partial charge in [-0.25, -0.2) is 4.90 Å². The number of anilines is 4. The molecule has 2 saturated heterocycles. The first kappa shape index (κ1) is 38.4. The second-order valence-electron chi connectivity index (χ2n) is 17.2. The van der Waals surface area contributed by atoms with Crippen LogP contribution in [0.15, 0.2) is 121 Å². The van der Waals surface area contributed by atoms with E-state index < -0.39 is 35.0 Å². The number of aromatic hydroxyl groups is 1. The van der Waals surface area contributed by atoms with E-state index >= 15 is 9.59 Å². The van der Waals surface area contributed by atoms with Crippen LogP contribution in [-0.2, 0) is 32.6 Å².